The smallest absolute Gasteiger partial charge is 0.137 e. The number of piperidine rings is 1. The molecule has 0 radical (unpaired) electrons. The average Bonchev–Trinajstić information content (AvgIpc) is 2.72. The van der Waals surface area contributed by atoms with Gasteiger partial charge in [-0.3, -0.25) is 0 Å². The van der Waals surface area contributed by atoms with Crippen LogP contribution in [0.3, 0.4) is 0 Å². The van der Waals surface area contributed by atoms with Gasteiger partial charge in [0.15, 0.2) is 0 Å². The Kier molecular flexibility index (Phi) is 2.52. The first kappa shape index (κ1) is 10.6. The third-order valence-electron chi connectivity index (χ3n) is 3.54. The average molecular weight is 230 g/mol. The van der Waals surface area contributed by atoms with E-state index in [-0.39, 0.29) is 0 Å². The van der Waals surface area contributed by atoms with Gasteiger partial charge in [0.2, 0.25) is 0 Å². The summed E-state index contributed by atoms with van der Waals surface area (Å²) >= 11 is 0. The summed E-state index contributed by atoms with van der Waals surface area (Å²) in [5.74, 6) is 0.565. The van der Waals surface area contributed by atoms with Crippen LogP contribution >= 0.6 is 0 Å². The molecule has 0 aromatic carbocycles. The number of hydrogen-bond acceptors (Lipinski definition) is 3. The first-order valence-corrected chi connectivity index (χ1v) is 6.15. The van der Waals surface area contributed by atoms with Crippen LogP contribution in [0.5, 0.6) is 0 Å². The summed E-state index contributed by atoms with van der Waals surface area (Å²) in [5, 5.41) is 0. The lowest BCUT2D eigenvalue weighted by molar-refractivity contribution is 0.249. The van der Waals surface area contributed by atoms with E-state index in [2.05, 4.69) is 18.1 Å². The van der Waals surface area contributed by atoms with E-state index in [1.807, 2.05) is 22.7 Å². The van der Waals surface area contributed by atoms with Gasteiger partial charge >= 0.3 is 0 Å². The van der Waals surface area contributed by atoms with E-state index in [0.717, 1.165) is 17.9 Å². The van der Waals surface area contributed by atoms with Gasteiger partial charge in [0.05, 0.1) is 5.69 Å². The zero-order valence-corrected chi connectivity index (χ0v) is 10.1. The van der Waals surface area contributed by atoms with Crippen molar-refractivity contribution in [2.45, 2.75) is 18.8 Å². The summed E-state index contributed by atoms with van der Waals surface area (Å²) in [5.41, 5.74) is 8.74. The maximum atomic E-state index is 5.78. The molecule has 4 heteroatoms. The molecule has 1 aliphatic rings. The summed E-state index contributed by atoms with van der Waals surface area (Å²) in [7, 11) is 2.18. The monoisotopic (exact) mass is 230 g/mol. The number of likely N-dealkylation sites (N-methyl/N-ethyl adjacent to an activating group) is 1. The van der Waals surface area contributed by atoms with E-state index in [4.69, 9.17) is 10.7 Å². The van der Waals surface area contributed by atoms with E-state index in [0.29, 0.717) is 5.92 Å². The van der Waals surface area contributed by atoms with Crippen molar-refractivity contribution in [1.82, 2.24) is 14.3 Å². The highest BCUT2D eigenvalue weighted by Gasteiger charge is 2.21. The van der Waals surface area contributed by atoms with Gasteiger partial charge in [0.1, 0.15) is 5.65 Å². The number of nitrogens with zero attached hydrogens (tertiary/aromatic N) is 3. The van der Waals surface area contributed by atoms with Gasteiger partial charge in [-0.1, -0.05) is 0 Å². The largest absolute Gasteiger partial charge is 0.398 e. The van der Waals surface area contributed by atoms with Crippen molar-refractivity contribution in [1.29, 1.82) is 0 Å². The topological polar surface area (TPSA) is 46.6 Å². The Bertz CT molecular complexity index is 531. The first-order valence-electron chi connectivity index (χ1n) is 6.15. The van der Waals surface area contributed by atoms with Crippen LogP contribution in [-0.2, 0) is 0 Å². The summed E-state index contributed by atoms with van der Waals surface area (Å²) < 4.78 is 2.03. The van der Waals surface area contributed by atoms with E-state index < -0.39 is 0 Å². The van der Waals surface area contributed by atoms with Crippen molar-refractivity contribution in [3.05, 3.63) is 30.2 Å². The van der Waals surface area contributed by atoms with Crippen LogP contribution in [0.25, 0.3) is 5.65 Å². The van der Waals surface area contributed by atoms with Crippen molar-refractivity contribution in [2.75, 3.05) is 25.9 Å². The van der Waals surface area contributed by atoms with Crippen LogP contribution in [0.1, 0.15) is 24.5 Å². The Morgan fingerprint density at radius 3 is 3.06 bits per heavy atom. The molecule has 3 heterocycles. The van der Waals surface area contributed by atoms with Crippen LogP contribution < -0.4 is 5.73 Å². The highest BCUT2D eigenvalue weighted by molar-refractivity contribution is 5.48. The van der Waals surface area contributed by atoms with E-state index in [9.17, 15) is 0 Å². The molecule has 0 saturated carbocycles. The van der Waals surface area contributed by atoms with Gasteiger partial charge in [0.25, 0.3) is 0 Å². The molecule has 0 aliphatic carbocycles. The van der Waals surface area contributed by atoms with Crippen LogP contribution in [0.15, 0.2) is 24.5 Å². The molecule has 0 bridgehead atoms. The molecule has 1 atom stereocenters. The maximum absolute atomic E-state index is 5.78. The minimum atomic E-state index is 0.565. The first-order chi connectivity index (χ1) is 8.22. The van der Waals surface area contributed by atoms with E-state index in [1.165, 1.54) is 25.1 Å². The predicted molar refractivity (Wildman–Crippen MR) is 69.1 cm³/mol. The molecular formula is C13H18N4. The molecule has 17 heavy (non-hydrogen) atoms. The molecule has 2 N–H and O–H groups in total. The van der Waals surface area contributed by atoms with Gasteiger partial charge in [-0.2, -0.15) is 0 Å². The zero-order valence-electron chi connectivity index (χ0n) is 10.1. The fourth-order valence-corrected chi connectivity index (χ4v) is 2.63. The van der Waals surface area contributed by atoms with Crippen LogP contribution in [0.4, 0.5) is 5.69 Å². The number of fused-ring (bicyclic) bond motifs is 1. The molecule has 90 valence electrons. The molecule has 3 rings (SSSR count). The van der Waals surface area contributed by atoms with Crippen molar-refractivity contribution < 1.29 is 0 Å². The minimum Gasteiger partial charge on any atom is -0.398 e. The number of nitrogen functional groups attached to an aromatic ring is 1. The van der Waals surface area contributed by atoms with Crippen LogP contribution in [-0.4, -0.2) is 34.4 Å². The molecule has 1 aliphatic heterocycles. The molecule has 4 nitrogen and oxygen atoms in total. The van der Waals surface area contributed by atoms with Crippen LogP contribution in [0.2, 0.25) is 0 Å². The number of nitrogens with two attached hydrogens (primary N) is 1. The highest BCUT2D eigenvalue weighted by Crippen LogP contribution is 2.25. The van der Waals surface area contributed by atoms with Gasteiger partial charge in [0, 0.05) is 30.5 Å². The second kappa shape index (κ2) is 4.04. The predicted octanol–water partition coefficient (Wildman–Crippen LogP) is 1.73. The van der Waals surface area contributed by atoms with Crippen molar-refractivity contribution in [3.8, 4) is 0 Å². The number of anilines is 1. The summed E-state index contributed by atoms with van der Waals surface area (Å²) in [6.07, 6.45) is 6.55. The second-order valence-corrected chi connectivity index (χ2v) is 5.00. The lowest BCUT2D eigenvalue weighted by Gasteiger charge is -2.28. The van der Waals surface area contributed by atoms with Gasteiger partial charge in [-0.15, -0.1) is 0 Å². The quantitative estimate of drug-likeness (QED) is 0.811. The van der Waals surface area contributed by atoms with E-state index >= 15 is 0 Å². The summed E-state index contributed by atoms with van der Waals surface area (Å²) in [6, 6.07) is 3.88. The van der Waals surface area contributed by atoms with Crippen molar-refractivity contribution >= 4 is 11.3 Å². The molecule has 2 aromatic heterocycles. The van der Waals surface area contributed by atoms with Gasteiger partial charge in [-0.25, -0.2) is 4.98 Å². The third-order valence-corrected chi connectivity index (χ3v) is 3.54. The lowest BCUT2D eigenvalue weighted by Crippen LogP contribution is -2.30. The Hall–Kier alpha value is -1.55. The molecule has 1 saturated heterocycles. The molecule has 0 spiro atoms. The Morgan fingerprint density at radius 1 is 1.35 bits per heavy atom. The summed E-state index contributed by atoms with van der Waals surface area (Å²) in [6.45, 7) is 2.32. The van der Waals surface area contributed by atoms with Gasteiger partial charge in [-0.05, 0) is 38.6 Å². The Morgan fingerprint density at radius 2 is 2.24 bits per heavy atom. The second-order valence-electron chi connectivity index (χ2n) is 5.00. The summed E-state index contributed by atoms with van der Waals surface area (Å²) in [4.78, 5) is 7.07. The third kappa shape index (κ3) is 2.00. The molecule has 0 amide bonds. The lowest BCUT2D eigenvalue weighted by atomic mass is 9.96. The normalized spacial score (nSPS) is 22.1. The number of imidazole rings is 1. The van der Waals surface area contributed by atoms with Crippen molar-refractivity contribution in [2.24, 2.45) is 0 Å². The zero-order chi connectivity index (χ0) is 11.8. The van der Waals surface area contributed by atoms with E-state index in [1.54, 1.807) is 0 Å². The standard InChI is InChI=1S/C13H18N4/c1-16-6-2-3-10(7-16)12-9-17-8-11(14)4-5-13(17)15-12/h4-5,8-10H,2-3,6-7,14H2,1H3. The molecule has 2 aromatic rings. The van der Waals surface area contributed by atoms with Crippen LogP contribution in [0, 0.1) is 0 Å². The minimum absolute atomic E-state index is 0.565. The van der Waals surface area contributed by atoms with Gasteiger partial charge < -0.3 is 15.0 Å². The molecule has 1 unspecified atom stereocenters. The maximum Gasteiger partial charge on any atom is 0.137 e. The molecular weight excluding hydrogens is 212 g/mol. The number of rotatable bonds is 1. The molecule has 1 fully saturated rings. The fourth-order valence-electron chi connectivity index (χ4n) is 2.63. The Labute approximate surface area is 101 Å². The number of aromatic nitrogens is 2. The highest BCUT2D eigenvalue weighted by atomic mass is 15.1. The SMILES string of the molecule is CN1CCCC(c2cn3cc(N)ccc3n2)C1. The number of pyridine rings is 1. The van der Waals surface area contributed by atoms with Crippen molar-refractivity contribution in [3.63, 3.8) is 0 Å². The Balaban J connectivity index is 1.94. The number of hydrogen-bond donors (Lipinski definition) is 1. The number of likely N-dealkylation sites (tertiary alicyclic amines) is 1. The fraction of sp³-hybridized carbons (Fsp3) is 0.462.